The van der Waals surface area contributed by atoms with Crippen molar-refractivity contribution in [3.63, 3.8) is 0 Å². The maximum Gasteiger partial charge on any atom is 0.0483 e. The molecule has 0 bridgehead atoms. The van der Waals surface area contributed by atoms with Crippen molar-refractivity contribution in [2.24, 2.45) is 0 Å². The van der Waals surface area contributed by atoms with Crippen molar-refractivity contribution in [1.82, 2.24) is 0 Å². The molecule has 0 saturated carbocycles. The molecule has 0 N–H and O–H groups in total. The van der Waals surface area contributed by atoms with Gasteiger partial charge in [0.15, 0.2) is 0 Å². The average molecular weight is 120 g/mol. The summed E-state index contributed by atoms with van der Waals surface area (Å²) in [7, 11) is -0.728. The first-order chi connectivity index (χ1) is 3.06. The molecule has 0 atom stereocenters. The van der Waals surface area contributed by atoms with Crippen LogP contribution >= 0.6 is 7.26 Å². The minimum Gasteiger partial charge on any atom is -0.852 e. The van der Waals surface area contributed by atoms with Gasteiger partial charge in [-0.05, 0) is 0 Å². The van der Waals surface area contributed by atoms with E-state index in [1.165, 1.54) is 0 Å². The summed E-state index contributed by atoms with van der Waals surface area (Å²) in [5.41, 5.74) is 0. The fourth-order valence-electron chi connectivity index (χ4n) is 0.274. The van der Waals surface area contributed by atoms with Gasteiger partial charge < -0.3 is 5.11 Å². The molecule has 0 radical (unpaired) electrons. The van der Waals surface area contributed by atoms with Crippen molar-refractivity contribution in [1.29, 1.82) is 0 Å². The number of hydrogen-bond donors (Lipinski definition) is 0. The van der Waals surface area contributed by atoms with Crippen LogP contribution in [0.4, 0.5) is 0 Å². The Labute approximate surface area is 46.1 Å². The van der Waals surface area contributed by atoms with E-state index in [9.17, 15) is 5.11 Å². The highest BCUT2D eigenvalue weighted by Crippen LogP contribution is 2.45. The van der Waals surface area contributed by atoms with Crippen LogP contribution in [-0.4, -0.2) is 32.8 Å². The zero-order valence-corrected chi connectivity index (χ0v) is 6.16. The van der Waals surface area contributed by atoms with Crippen LogP contribution in [0.3, 0.4) is 0 Å². The fraction of sp³-hybridized carbons (Fsp3) is 1.00. The zero-order valence-electron chi connectivity index (χ0n) is 5.27. The molecule has 0 spiro atoms. The Bertz CT molecular complexity index is 46.5. The number of rotatable bonds is 2. The smallest absolute Gasteiger partial charge is 0.0483 e. The van der Waals surface area contributed by atoms with Gasteiger partial charge in [-0.3, -0.25) is 0 Å². The van der Waals surface area contributed by atoms with E-state index in [0.717, 1.165) is 6.16 Å². The lowest BCUT2D eigenvalue weighted by Gasteiger charge is -2.12. The van der Waals surface area contributed by atoms with Crippen molar-refractivity contribution in [3.8, 4) is 0 Å². The van der Waals surface area contributed by atoms with Crippen LogP contribution in [0.25, 0.3) is 0 Å². The van der Waals surface area contributed by atoms with Crippen molar-refractivity contribution >= 4 is 7.26 Å². The van der Waals surface area contributed by atoms with Gasteiger partial charge in [0, 0.05) is 33.4 Å². The lowest BCUT2D eigenvalue weighted by Crippen LogP contribution is -2.11. The van der Waals surface area contributed by atoms with Crippen molar-refractivity contribution in [3.05, 3.63) is 0 Å². The normalized spacial score (nSPS) is 12.0. The zero-order chi connectivity index (χ0) is 5.91. The van der Waals surface area contributed by atoms with Gasteiger partial charge in [0.25, 0.3) is 0 Å². The van der Waals surface area contributed by atoms with Gasteiger partial charge in [0.1, 0.15) is 0 Å². The maximum absolute atomic E-state index is 9.97. The summed E-state index contributed by atoms with van der Waals surface area (Å²) < 4.78 is 0. The van der Waals surface area contributed by atoms with E-state index in [2.05, 4.69) is 20.0 Å². The van der Waals surface area contributed by atoms with Gasteiger partial charge in [-0.15, -0.1) is 6.61 Å². The Morgan fingerprint density at radius 1 is 1.29 bits per heavy atom. The van der Waals surface area contributed by atoms with Crippen molar-refractivity contribution in [2.75, 3.05) is 32.8 Å². The Hall–Kier alpha value is 0.390. The SMILES string of the molecule is C[P+](C)(C)CC[O-]. The summed E-state index contributed by atoms with van der Waals surface area (Å²) in [5, 5.41) is 9.97. The summed E-state index contributed by atoms with van der Waals surface area (Å²) >= 11 is 0. The van der Waals surface area contributed by atoms with Gasteiger partial charge >= 0.3 is 0 Å². The molecule has 0 rings (SSSR count). The Morgan fingerprint density at radius 3 is 1.71 bits per heavy atom. The molecule has 0 aromatic rings. The van der Waals surface area contributed by atoms with Crippen LogP contribution in [0.15, 0.2) is 0 Å². The Morgan fingerprint density at radius 2 is 1.71 bits per heavy atom. The van der Waals surface area contributed by atoms with Gasteiger partial charge in [0.2, 0.25) is 0 Å². The number of hydrogen-bond acceptors (Lipinski definition) is 1. The molecule has 2 heteroatoms. The van der Waals surface area contributed by atoms with Crippen molar-refractivity contribution < 1.29 is 5.11 Å². The quantitative estimate of drug-likeness (QED) is 0.479. The monoisotopic (exact) mass is 120 g/mol. The second-order valence-corrected chi connectivity index (χ2v) is 7.75. The first-order valence-corrected chi connectivity index (χ1v) is 5.76. The third-order valence-corrected chi connectivity index (χ3v) is 2.29. The summed E-state index contributed by atoms with van der Waals surface area (Å²) in [6, 6.07) is 0. The highest BCUT2D eigenvalue weighted by atomic mass is 31.2. The third-order valence-electron chi connectivity index (χ3n) is 0.762. The molecule has 44 valence electrons. The second kappa shape index (κ2) is 2.64. The largest absolute Gasteiger partial charge is 0.852 e. The van der Waals surface area contributed by atoms with Gasteiger partial charge in [0.05, 0.1) is 0 Å². The first-order valence-electron chi connectivity index (χ1n) is 2.45. The molecule has 0 aromatic carbocycles. The lowest BCUT2D eigenvalue weighted by molar-refractivity contribution is -0.360. The van der Waals surface area contributed by atoms with Crippen LogP contribution in [0.5, 0.6) is 0 Å². The van der Waals surface area contributed by atoms with Gasteiger partial charge in [-0.1, -0.05) is 0 Å². The van der Waals surface area contributed by atoms with E-state index < -0.39 is 7.26 Å². The van der Waals surface area contributed by atoms with Crippen LogP contribution in [0, 0.1) is 0 Å². The van der Waals surface area contributed by atoms with Crippen LogP contribution in [0.2, 0.25) is 0 Å². The van der Waals surface area contributed by atoms with Gasteiger partial charge in [-0.25, -0.2) is 0 Å². The van der Waals surface area contributed by atoms with E-state index >= 15 is 0 Å². The molecule has 0 aliphatic carbocycles. The van der Waals surface area contributed by atoms with E-state index in [1.54, 1.807) is 0 Å². The van der Waals surface area contributed by atoms with E-state index in [-0.39, 0.29) is 6.61 Å². The molecular formula is C5H13OP. The Kier molecular flexibility index (Phi) is 2.78. The molecule has 0 aliphatic rings. The highest BCUT2D eigenvalue weighted by Gasteiger charge is 2.11. The van der Waals surface area contributed by atoms with Gasteiger partial charge in [-0.2, -0.15) is 0 Å². The topological polar surface area (TPSA) is 23.1 Å². The lowest BCUT2D eigenvalue weighted by atomic mass is 10.9. The standard InChI is InChI=1S/C5H13OP/c1-7(2,3)5-4-6/h4-5H2,1-3H3. The van der Waals surface area contributed by atoms with Crippen LogP contribution < -0.4 is 5.11 Å². The second-order valence-electron chi connectivity index (χ2n) is 2.72. The van der Waals surface area contributed by atoms with Crippen LogP contribution in [0.1, 0.15) is 0 Å². The molecule has 0 heterocycles. The molecule has 0 saturated heterocycles. The molecule has 0 aliphatic heterocycles. The molecule has 0 unspecified atom stereocenters. The molecule has 0 aromatic heterocycles. The van der Waals surface area contributed by atoms with E-state index in [4.69, 9.17) is 0 Å². The Balaban J connectivity index is 3.15. The summed E-state index contributed by atoms with van der Waals surface area (Å²) in [4.78, 5) is 0. The molecular weight excluding hydrogens is 107 g/mol. The maximum atomic E-state index is 9.97. The minimum absolute atomic E-state index is 0.108. The van der Waals surface area contributed by atoms with Crippen LogP contribution in [-0.2, 0) is 0 Å². The van der Waals surface area contributed by atoms with E-state index in [0.29, 0.717) is 0 Å². The molecule has 0 amide bonds. The van der Waals surface area contributed by atoms with E-state index in [1.807, 2.05) is 0 Å². The summed E-state index contributed by atoms with van der Waals surface area (Å²) in [5.74, 6) is 0. The fourth-order valence-corrected chi connectivity index (χ4v) is 0.822. The average Bonchev–Trinajstić information content (AvgIpc) is 1.30. The summed E-state index contributed by atoms with van der Waals surface area (Å²) in [6.07, 6.45) is 0.896. The minimum atomic E-state index is -0.728. The predicted molar refractivity (Wildman–Crippen MR) is 34.4 cm³/mol. The summed E-state index contributed by atoms with van der Waals surface area (Å²) in [6.45, 7) is 6.66. The molecule has 7 heavy (non-hydrogen) atoms. The van der Waals surface area contributed by atoms with Crippen molar-refractivity contribution in [2.45, 2.75) is 0 Å². The predicted octanol–water partition coefficient (Wildman–Crippen LogP) is 0.254. The molecule has 0 fully saturated rings. The highest BCUT2D eigenvalue weighted by molar-refractivity contribution is 7.73. The molecule has 1 nitrogen and oxygen atoms in total. The third kappa shape index (κ3) is 6.39. The first kappa shape index (κ1) is 7.39.